The number of carbonyl (C=O) groups excluding carboxylic acids is 1. The van der Waals surface area contributed by atoms with E-state index in [9.17, 15) is 9.59 Å². The fraction of sp³-hybridized carbons (Fsp3) is 0.333. The molecule has 2 aromatic rings. The summed E-state index contributed by atoms with van der Waals surface area (Å²) in [5.74, 6) is -1.05. The predicted octanol–water partition coefficient (Wildman–Crippen LogP) is 2.16. The standard InChI is InChI=1S/C18H19NO4/c1-23-16(18(21)22)10-19-17(20)15-9-14(15)13-7-6-11-4-2-3-5-12(11)8-13/h2-8,14-16H,9-10H2,1H3,(H,19,20)(H,21,22). The summed E-state index contributed by atoms with van der Waals surface area (Å²) >= 11 is 0. The zero-order chi connectivity index (χ0) is 16.4. The van der Waals surface area contributed by atoms with Crippen LogP contribution in [0.3, 0.4) is 0 Å². The number of hydrogen-bond donors (Lipinski definition) is 2. The summed E-state index contributed by atoms with van der Waals surface area (Å²) in [4.78, 5) is 23.0. The predicted molar refractivity (Wildman–Crippen MR) is 86.2 cm³/mol. The van der Waals surface area contributed by atoms with E-state index >= 15 is 0 Å². The van der Waals surface area contributed by atoms with E-state index in [2.05, 4.69) is 35.6 Å². The number of carbonyl (C=O) groups is 2. The second-order valence-corrected chi connectivity index (χ2v) is 5.86. The maximum absolute atomic E-state index is 12.1. The third-order valence-electron chi connectivity index (χ3n) is 4.35. The third-order valence-corrected chi connectivity index (χ3v) is 4.35. The van der Waals surface area contributed by atoms with Gasteiger partial charge in [-0.3, -0.25) is 4.79 Å². The van der Waals surface area contributed by atoms with Gasteiger partial charge in [-0.1, -0.05) is 42.5 Å². The molecule has 0 heterocycles. The van der Waals surface area contributed by atoms with E-state index in [4.69, 9.17) is 9.84 Å². The lowest BCUT2D eigenvalue weighted by molar-refractivity contribution is -0.148. The minimum Gasteiger partial charge on any atom is -0.479 e. The highest BCUT2D eigenvalue weighted by atomic mass is 16.5. The van der Waals surface area contributed by atoms with Crippen LogP contribution < -0.4 is 5.32 Å². The van der Waals surface area contributed by atoms with E-state index in [0.29, 0.717) is 0 Å². The van der Waals surface area contributed by atoms with Crippen molar-refractivity contribution in [2.45, 2.75) is 18.4 Å². The Balaban J connectivity index is 1.61. The van der Waals surface area contributed by atoms with Crippen LogP contribution in [0.4, 0.5) is 0 Å². The number of fused-ring (bicyclic) bond motifs is 1. The molecule has 1 amide bonds. The van der Waals surface area contributed by atoms with Gasteiger partial charge in [0.1, 0.15) is 0 Å². The first-order valence-corrected chi connectivity index (χ1v) is 7.62. The summed E-state index contributed by atoms with van der Waals surface area (Å²) in [5.41, 5.74) is 1.16. The number of hydrogen-bond acceptors (Lipinski definition) is 3. The Hall–Kier alpha value is -2.40. The Bertz CT molecular complexity index is 743. The molecule has 23 heavy (non-hydrogen) atoms. The molecule has 0 saturated heterocycles. The van der Waals surface area contributed by atoms with E-state index in [1.807, 2.05) is 12.1 Å². The van der Waals surface area contributed by atoms with Gasteiger partial charge in [-0.25, -0.2) is 4.79 Å². The Morgan fingerprint density at radius 2 is 2.00 bits per heavy atom. The first-order valence-electron chi connectivity index (χ1n) is 7.62. The Labute approximate surface area is 134 Å². The summed E-state index contributed by atoms with van der Waals surface area (Å²) in [6, 6.07) is 14.4. The number of benzene rings is 2. The van der Waals surface area contributed by atoms with E-state index in [1.54, 1.807) is 0 Å². The molecule has 5 heteroatoms. The maximum Gasteiger partial charge on any atom is 0.334 e. The summed E-state index contributed by atoms with van der Waals surface area (Å²) < 4.78 is 4.81. The molecule has 2 aromatic carbocycles. The number of rotatable bonds is 6. The van der Waals surface area contributed by atoms with Gasteiger partial charge in [0.15, 0.2) is 6.10 Å². The van der Waals surface area contributed by atoms with Crippen molar-refractivity contribution in [3.8, 4) is 0 Å². The third kappa shape index (κ3) is 3.35. The molecule has 0 bridgehead atoms. The molecule has 2 N–H and O–H groups in total. The number of aliphatic carboxylic acids is 1. The van der Waals surface area contributed by atoms with Gasteiger partial charge in [0.05, 0.1) is 6.54 Å². The average Bonchev–Trinajstić information content (AvgIpc) is 3.35. The maximum atomic E-state index is 12.1. The van der Waals surface area contributed by atoms with Crippen molar-refractivity contribution in [2.75, 3.05) is 13.7 Å². The van der Waals surface area contributed by atoms with Gasteiger partial charge in [-0.2, -0.15) is 0 Å². The molecule has 1 aliphatic carbocycles. The molecule has 3 unspecified atom stereocenters. The van der Waals surface area contributed by atoms with Gasteiger partial charge in [0.25, 0.3) is 0 Å². The first-order chi connectivity index (χ1) is 11.1. The van der Waals surface area contributed by atoms with Crippen LogP contribution in [-0.2, 0) is 14.3 Å². The number of carboxylic acids is 1. The molecule has 0 spiro atoms. The molecule has 3 rings (SSSR count). The average molecular weight is 313 g/mol. The lowest BCUT2D eigenvalue weighted by Gasteiger charge is -2.11. The SMILES string of the molecule is COC(CNC(=O)C1CC1c1ccc2ccccc2c1)C(=O)O. The van der Waals surface area contributed by atoms with Crippen LogP contribution in [0.5, 0.6) is 0 Å². The van der Waals surface area contributed by atoms with Crippen molar-refractivity contribution in [3.05, 3.63) is 48.0 Å². The van der Waals surface area contributed by atoms with Crippen LogP contribution in [0.1, 0.15) is 17.9 Å². The monoisotopic (exact) mass is 313 g/mol. The fourth-order valence-corrected chi connectivity index (χ4v) is 2.89. The van der Waals surface area contributed by atoms with Gasteiger partial charge in [-0.15, -0.1) is 0 Å². The van der Waals surface area contributed by atoms with Gasteiger partial charge < -0.3 is 15.2 Å². The van der Waals surface area contributed by atoms with Crippen molar-refractivity contribution in [1.29, 1.82) is 0 Å². The molecule has 0 aliphatic heterocycles. The molecule has 0 radical (unpaired) electrons. The Morgan fingerprint density at radius 1 is 1.26 bits per heavy atom. The quantitative estimate of drug-likeness (QED) is 0.857. The number of amides is 1. The summed E-state index contributed by atoms with van der Waals surface area (Å²) in [5, 5.41) is 13.9. The van der Waals surface area contributed by atoms with Crippen molar-refractivity contribution < 1.29 is 19.4 Å². The summed E-state index contributed by atoms with van der Waals surface area (Å²) in [6.07, 6.45) is -0.202. The molecule has 120 valence electrons. The first kappa shape index (κ1) is 15.5. The van der Waals surface area contributed by atoms with Crippen LogP contribution >= 0.6 is 0 Å². The zero-order valence-corrected chi connectivity index (χ0v) is 12.9. The van der Waals surface area contributed by atoms with Crippen molar-refractivity contribution in [3.63, 3.8) is 0 Å². The molecular formula is C18H19NO4. The smallest absolute Gasteiger partial charge is 0.334 e. The minimum atomic E-state index is -1.07. The van der Waals surface area contributed by atoms with E-state index in [0.717, 1.165) is 12.0 Å². The molecule has 3 atom stereocenters. The molecular weight excluding hydrogens is 294 g/mol. The normalized spacial score (nSPS) is 20.9. The van der Waals surface area contributed by atoms with E-state index in [1.165, 1.54) is 17.9 Å². The van der Waals surface area contributed by atoms with Crippen LogP contribution in [0.2, 0.25) is 0 Å². The second-order valence-electron chi connectivity index (χ2n) is 5.86. The Kier molecular flexibility index (Phi) is 4.30. The minimum absolute atomic E-state index is 0.00833. The van der Waals surface area contributed by atoms with Crippen LogP contribution in [0.25, 0.3) is 10.8 Å². The van der Waals surface area contributed by atoms with Gasteiger partial charge in [-0.05, 0) is 28.7 Å². The zero-order valence-electron chi connectivity index (χ0n) is 12.9. The highest BCUT2D eigenvalue weighted by Crippen LogP contribution is 2.48. The van der Waals surface area contributed by atoms with Gasteiger partial charge in [0.2, 0.25) is 5.91 Å². The topological polar surface area (TPSA) is 75.6 Å². The molecule has 0 aromatic heterocycles. The van der Waals surface area contributed by atoms with Gasteiger partial charge >= 0.3 is 5.97 Å². The van der Waals surface area contributed by atoms with E-state index in [-0.39, 0.29) is 24.3 Å². The number of methoxy groups -OCH3 is 1. The highest BCUT2D eigenvalue weighted by molar-refractivity contribution is 5.86. The summed E-state index contributed by atoms with van der Waals surface area (Å²) in [7, 11) is 1.32. The van der Waals surface area contributed by atoms with Crippen molar-refractivity contribution in [2.24, 2.45) is 5.92 Å². The number of carboxylic acid groups (broad SMARTS) is 1. The summed E-state index contributed by atoms with van der Waals surface area (Å²) in [6.45, 7) is -0.00833. The van der Waals surface area contributed by atoms with Crippen LogP contribution in [-0.4, -0.2) is 36.7 Å². The van der Waals surface area contributed by atoms with Gasteiger partial charge in [0, 0.05) is 13.0 Å². The van der Waals surface area contributed by atoms with E-state index < -0.39 is 12.1 Å². The molecule has 1 fully saturated rings. The van der Waals surface area contributed by atoms with Crippen molar-refractivity contribution in [1.82, 2.24) is 5.32 Å². The number of ether oxygens (including phenoxy) is 1. The fourth-order valence-electron chi connectivity index (χ4n) is 2.89. The molecule has 1 saturated carbocycles. The lowest BCUT2D eigenvalue weighted by atomic mass is 10.0. The largest absolute Gasteiger partial charge is 0.479 e. The van der Waals surface area contributed by atoms with Crippen molar-refractivity contribution >= 4 is 22.6 Å². The van der Waals surface area contributed by atoms with Crippen LogP contribution in [0, 0.1) is 5.92 Å². The van der Waals surface area contributed by atoms with Crippen LogP contribution in [0.15, 0.2) is 42.5 Å². The molecule has 1 aliphatic rings. The molecule has 5 nitrogen and oxygen atoms in total. The number of nitrogens with one attached hydrogen (secondary N) is 1. The highest BCUT2D eigenvalue weighted by Gasteiger charge is 2.44. The Morgan fingerprint density at radius 3 is 2.70 bits per heavy atom. The second kappa shape index (κ2) is 6.38. The lowest BCUT2D eigenvalue weighted by Crippen LogP contribution is -2.38.